The monoisotopic (exact) mass is 475 g/mol. The molecule has 1 N–H and O–H groups in total. The van der Waals surface area contributed by atoms with Gasteiger partial charge in [-0.1, -0.05) is 83.5 Å². The zero-order valence-corrected chi connectivity index (χ0v) is 21.9. The van der Waals surface area contributed by atoms with Crippen molar-refractivity contribution in [2.24, 2.45) is 5.92 Å². The van der Waals surface area contributed by atoms with E-state index in [0.717, 1.165) is 15.1 Å². The van der Waals surface area contributed by atoms with Gasteiger partial charge in [-0.25, -0.2) is 5.57 Å². The van der Waals surface area contributed by atoms with Gasteiger partial charge in [-0.3, -0.25) is 6.08 Å². The molecule has 1 aromatic rings. The Morgan fingerprint density at radius 2 is 1.48 bits per heavy atom. The maximum atomic E-state index is 7.50. The van der Waals surface area contributed by atoms with Crippen molar-refractivity contribution in [2.45, 2.75) is 60.6 Å². The van der Waals surface area contributed by atoms with Gasteiger partial charge in [0, 0.05) is 9.52 Å². The molecular formula is C20H33Cl2NSiZr. The molecule has 1 unspecified atom stereocenters. The number of hydrogen-bond acceptors (Lipinski definition) is 0. The topological polar surface area (TPSA) is 23.8 Å². The van der Waals surface area contributed by atoms with E-state index in [2.05, 4.69) is 60.7 Å². The number of rotatable bonds is 1. The van der Waals surface area contributed by atoms with E-state index >= 15 is 0 Å². The van der Waals surface area contributed by atoms with Crippen molar-refractivity contribution in [1.82, 2.24) is 0 Å². The van der Waals surface area contributed by atoms with E-state index in [-0.39, 0.29) is 51.0 Å². The predicted molar refractivity (Wildman–Crippen MR) is 116 cm³/mol. The standard InChI is InChI=1S/C9H12N.C9H13.C2H6Si.2ClH.Zr/c1-7(2)8-5-3-4-6-9(8)10;1-6-5-7(2)9(4)8(6)3;1-3-2;;;/h3-7,10H,1-2H3;6H,1-4H3;1-2H3;2*1H;/q2*-1;;;;+2. The summed E-state index contributed by atoms with van der Waals surface area (Å²) in [7, 11) is 1.08. The number of halogens is 2. The van der Waals surface area contributed by atoms with Crippen LogP contribution in [0.2, 0.25) is 13.1 Å². The summed E-state index contributed by atoms with van der Waals surface area (Å²) in [6, 6.07) is 7.71. The van der Waals surface area contributed by atoms with Crippen LogP contribution in [0.4, 0.5) is 5.69 Å². The minimum absolute atomic E-state index is 0. The molecule has 0 bridgehead atoms. The fourth-order valence-electron chi connectivity index (χ4n) is 2.16. The van der Waals surface area contributed by atoms with Crippen LogP contribution < -0.4 is 0 Å². The van der Waals surface area contributed by atoms with E-state index in [4.69, 9.17) is 5.73 Å². The Hall–Kier alpha value is 0.180. The second-order valence-corrected chi connectivity index (χ2v) is 7.04. The first-order chi connectivity index (χ1) is 10.3. The first kappa shape index (κ1) is 32.8. The number of allylic oxidation sites excluding steroid dienone is 4. The molecule has 0 aromatic heterocycles. The van der Waals surface area contributed by atoms with Crippen LogP contribution in [0, 0.1) is 12.0 Å². The molecule has 0 heterocycles. The normalized spacial score (nSPS) is 14.6. The van der Waals surface area contributed by atoms with Crippen molar-refractivity contribution < 1.29 is 26.2 Å². The average Bonchev–Trinajstić information content (AvgIpc) is 2.67. The first-order valence-electron chi connectivity index (χ1n) is 7.93. The van der Waals surface area contributed by atoms with Crippen molar-refractivity contribution in [3.05, 3.63) is 58.4 Å². The van der Waals surface area contributed by atoms with Crippen molar-refractivity contribution in [1.29, 1.82) is 0 Å². The van der Waals surface area contributed by atoms with Gasteiger partial charge in [-0.15, -0.1) is 37.4 Å². The fraction of sp³-hybridized carbons (Fsp3) is 0.500. The molecular weight excluding hydrogens is 444 g/mol. The summed E-state index contributed by atoms with van der Waals surface area (Å²) in [5.74, 6) is 1.03. The van der Waals surface area contributed by atoms with Crippen LogP contribution in [0.3, 0.4) is 0 Å². The van der Waals surface area contributed by atoms with E-state index < -0.39 is 0 Å². The van der Waals surface area contributed by atoms with Gasteiger partial charge in [-0.2, -0.15) is 11.1 Å². The van der Waals surface area contributed by atoms with Crippen LogP contribution in [0.25, 0.3) is 5.73 Å². The quantitative estimate of drug-likeness (QED) is 0.291. The van der Waals surface area contributed by atoms with Gasteiger partial charge in [0.05, 0.1) is 0 Å². The first-order valence-corrected chi connectivity index (χ1v) is 9.93. The zero-order valence-electron chi connectivity index (χ0n) is 16.8. The van der Waals surface area contributed by atoms with Crippen LogP contribution in [0.15, 0.2) is 41.0 Å². The molecule has 0 fully saturated rings. The molecule has 1 aliphatic rings. The van der Waals surface area contributed by atoms with Gasteiger partial charge in [0.15, 0.2) is 0 Å². The van der Waals surface area contributed by atoms with Crippen molar-refractivity contribution >= 4 is 40.0 Å². The number of benzene rings is 1. The van der Waals surface area contributed by atoms with E-state index in [1.54, 1.807) is 0 Å². The molecule has 0 amide bonds. The van der Waals surface area contributed by atoms with E-state index in [0.29, 0.717) is 17.5 Å². The molecule has 1 aliphatic carbocycles. The third-order valence-electron chi connectivity index (χ3n) is 3.82. The summed E-state index contributed by atoms with van der Waals surface area (Å²) >= 11 is 0. The van der Waals surface area contributed by atoms with Gasteiger partial charge in [0.1, 0.15) is 0 Å². The molecule has 2 radical (unpaired) electrons. The molecule has 1 aromatic carbocycles. The molecule has 2 rings (SSSR count). The van der Waals surface area contributed by atoms with E-state index in [1.807, 2.05) is 24.3 Å². The average molecular weight is 478 g/mol. The van der Waals surface area contributed by atoms with Gasteiger partial charge in [-0.05, 0) is 5.92 Å². The van der Waals surface area contributed by atoms with Gasteiger partial charge >= 0.3 is 26.2 Å². The summed E-state index contributed by atoms with van der Waals surface area (Å²) in [6.07, 6.45) is 3.36. The van der Waals surface area contributed by atoms with Crippen LogP contribution in [0.1, 0.15) is 53.0 Å². The summed E-state index contributed by atoms with van der Waals surface area (Å²) in [4.78, 5) is 0. The summed E-state index contributed by atoms with van der Waals surface area (Å²) in [5, 5.41) is 0. The second kappa shape index (κ2) is 17.6. The third-order valence-corrected chi connectivity index (χ3v) is 3.82. The Bertz CT molecular complexity index is 528. The van der Waals surface area contributed by atoms with E-state index in [1.165, 1.54) is 16.7 Å². The minimum atomic E-state index is 0. The maximum absolute atomic E-state index is 7.50. The van der Waals surface area contributed by atoms with Crippen LogP contribution in [-0.4, -0.2) is 9.52 Å². The summed E-state index contributed by atoms with van der Waals surface area (Å²) in [5.41, 5.74) is 13.5. The predicted octanol–water partition coefficient (Wildman–Crippen LogP) is 7.84. The van der Waals surface area contributed by atoms with Crippen LogP contribution in [0.5, 0.6) is 0 Å². The Balaban J connectivity index is -0.000000139. The molecule has 5 heteroatoms. The van der Waals surface area contributed by atoms with Gasteiger partial charge in [0.25, 0.3) is 0 Å². The molecule has 0 spiro atoms. The zero-order chi connectivity index (χ0) is 17.3. The number of nitrogens with one attached hydrogen (secondary N) is 1. The van der Waals surface area contributed by atoms with Crippen molar-refractivity contribution in [2.75, 3.05) is 0 Å². The summed E-state index contributed by atoms with van der Waals surface area (Å²) < 4.78 is 0. The van der Waals surface area contributed by atoms with Crippen molar-refractivity contribution in [3.63, 3.8) is 0 Å². The minimum Gasteiger partial charge on any atom is -0.698 e. The Kier molecular flexibility index (Phi) is 23.1. The largest absolute Gasteiger partial charge is 2.00 e. The Labute approximate surface area is 190 Å². The molecule has 25 heavy (non-hydrogen) atoms. The maximum Gasteiger partial charge on any atom is 2.00 e. The Morgan fingerprint density at radius 1 is 1.04 bits per heavy atom. The smallest absolute Gasteiger partial charge is 0.698 e. The number of hydrogen-bond donors (Lipinski definition) is 0. The van der Waals surface area contributed by atoms with Gasteiger partial charge < -0.3 is 5.73 Å². The van der Waals surface area contributed by atoms with Crippen molar-refractivity contribution in [3.8, 4) is 0 Å². The Morgan fingerprint density at radius 3 is 1.68 bits per heavy atom. The van der Waals surface area contributed by atoms with Crippen LogP contribution in [-0.2, 0) is 26.2 Å². The molecule has 1 nitrogen and oxygen atoms in total. The second-order valence-electron chi connectivity index (χ2n) is 6.04. The summed E-state index contributed by atoms with van der Waals surface area (Å²) in [6.45, 7) is 17.2. The molecule has 140 valence electrons. The van der Waals surface area contributed by atoms with E-state index in [9.17, 15) is 0 Å². The molecule has 0 saturated heterocycles. The van der Waals surface area contributed by atoms with Gasteiger partial charge in [0.2, 0.25) is 0 Å². The van der Waals surface area contributed by atoms with Crippen LogP contribution >= 0.6 is 24.8 Å². The third kappa shape index (κ3) is 12.2. The fourth-order valence-corrected chi connectivity index (χ4v) is 2.16. The SMILES string of the molecule is CC(C)c1ccccc1[NH-].CC1=[C-]C(C)C(C)=C1C.C[Si]C.Cl.Cl.[Zr+2]. The molecule has 0 aliphatic heterocycles. The molecule has 1 atom stereocenters. The molecule has 0 saturated carbocycles.